The monoisotopic (exact) mass is 301 g/mol. The lowest BCUT2D eigenvalue weighted by Crippen LogP contribution is -2.52. The third-order valence-corrected chi connectivity index (χ3v) is 3.57. The first kappa shape index (κ1) is 15.8. The van der Waals surface area contributed by atoms with E-state index >= 15 is 0 Å². The zero-order valence-corrected chi connectivity index (χ0v) is 12.9. The first-order chi connectivity index (χ1) is 10.5. The molecule has 0 unspecified atom stereocenters. The Labute approximate surface area is 129 Å². The molecule has 1 aromatic heterocycles. The number of nitrogens with one attached hydrogen (secondary N) is 1. The van der Waals surface area contributed by atoms with Crippen molar-refractivity contribution in [3.8, 4) is 5.69 Å². The Balaban J connectivity index is 2.17. The van der Waals surface area contributed by atoms with Crippen LogP contribution in [-0.2, 0) is 9.53 Å². The second-order valence-corrected chi connectivity index (χ2v) is 5.11. The Bertz CT molecular complexity index is 666. The molecule has 1 aromatic carbocycles. The molecule has 1 amide bonds. The number of rotatable bonds is 5. The fourth-order valence-electron chi connectivity index (χ4n) is 1.99. The van der Waals surface area contributed by atoms with Crippen molar-refractivity contribution in [2.45, 2.75) is 25.8 Å². The van der Waals surface area contributed by atoms with E-state index in [9.17, 15) is 9.59 Å². The van der Waals surface area contributed by atoms with Gasteiger partial charge in [0.2, 0.25) is 0 Å². The molecule has 0 aliphatic rings. The average molecular weight is 301 g/mol. The van der Waals surface area contributed by atoms with Crippen LogP contribution in [0, 0.1) is 0 Å². The van der Waals surface area contributed by atoms with E-state index in [-0.39, 0.29) is 5.69 Å². The first-order valence-corrected chi connectivity index (χ1v) is 7.02. The normalized spacial score (nSPS) is 13.2. The maximum atomic E-state index is 12.3. The highest BCUT2D eigenvalue weighted by Gasteiger charge is 2.34. The fraction of sp³-hybridized carbons (Fsp3) is 0.312. The van der Waals surface area contributed by atoms with Crippen molar-refractivity contribution < 1.29 is 14.3 Å². The number of amides is 1. The van der Waals surface area contributed by atoms with E-state index in [2.05, 4.69) is 10.4 Å². The molecule has 0 aliphatic carbocycles. The van der Waals surface area contributed by atoms with Crippen molar-refractivity contribution in [3.05, 3.63) is 48.3 Å². The number of ether oxygens (including phenoxy) is 1. The Hall–Kier alpha value is -2.63. The summed E-state index contributed by atoms with van der Waals surface area (Å²) >= 11 is 0. The number of benzene rings is 1. The van der Waals surface area contributed by atoms with E-state index in [0.29, 0.717) is 6.42 Å². The van der Waals surface area contributed by atoms with Crippen LogP contribution in [0.2, 0.25) is 0 Å². The van der Waals surface area contributed by atoms with Gasteiger partial charge in [0.1, 0.15) is 5.54 Å². The minimum Gasteiger partial charge on any atom is -0.467 e. The van der Waals surface area contributed by atoms with E-state index < -0.39 is 17.4 Å². The van der Waals surface area contributed by atoms with Crippen molar-refractivity contribution in [2.75, 3.05) is 7.11 Å². The molecule has 2 rings (SSSR count). The molecule has 0 fully saturated rings. The van der Waals surface area contributed by atoms with Gasteiger partial charge in [0.25, 0.3) is 5.91 Å². The summed E-state index contributed by atoms with van der Waals surface area (Å²) in [6, 6.07) is 11.1. The van der Waals surface area contributed by atoms with E-state index in [4.69, 9.17) is 4.74 Å². The molecule has 6 heteroatoms. The van der Waals surface area contributed by atoms with Gasteiger partial charge in [-0.3, -0.25) is 4.79 Å². The molecule has 0 spiro atoms. The van der Waals surface area contributed by atoms with Crippen LogP contribution in [0.1, 0.15) is 30.8 Å². The third kappa shape index (κ3) is 3.16. The summed E-state index contributed by atoms with van der Waals surface area (Å²) in [5, 5.41) is 6.92. The molecule has 1 N–H and O–H groups in total. The minimum absolute atomic E-state index is 0.243. The number of methoxy groups -OCH3 is 1. The van der Waals surface area contributed by atoms with Crippen molar-refractivity contribution in [2.24, 2.45) is 0 Å². The molecule has 116 valence electrons. The van der Waals surface area contributed by atoms with Gasteiger partial charge in [-0.2, -0.15) is 5.10 Å². The van der Waals surface area contributed by atoms with Gasteiger partial charge in [0.15, 0.2) is 5.69 Å². The van der Waals surface area contributed by atoms with E-state index in [0.717, 1.165) is 5.69 Å². The number of carbonyl (C=O) groups excluding carboxylic acids is 2. The summed E-state index contributed by atoms with van der Waals surface area (Å²) < 4.78 is 6.35. The van der Waals surface area contributed by atoms with Crippen LogP contribution in [-0.4, -0.2) is 34.3 Å². The first-order valence-electron chi connectivity index (χ1n) is 7.02. The molecule has 0 radical (unpaired) electrons. The number of hydrogen-bond donors (Lipinski definition) is 1. The highest BCUT2D eigenvalue weighted by atomic mass is 16.5. The van der Waals surface area contributed by atoms with Crippen LogP contribution in [0.25, 0.3) is 5.69 Å². The van der Waals surface area contributed by atoms with Crippen LogP contribution in [0.15, 0.2) is 42.6 Å². The quantitative estimate of drug-likeness (QED) is 0.857. The predicted molar refractivity (Wildman–Crippen MR) is 81.7 cm³/mol. The summed E-state index contributed by atoms with van der Waals surface area (Å²) in [5.41, 5.74) is 0.0303. The Kier molecular flexibility index (Phi) is 4.60. The second-order valence-electron chi connectivity index (χ2n) is 5.11. The zero-order chi connectivity index (χ0) is 16.2. The largest absolute Gasteiger partial charge is 0.467 e. The van der Waals surface area contributed by atoms with E-state index in [1.165, 1.54) is 7.11 Å². The second kappa shape index (κ2) is 6.43. The van der Waals surface area contributed by atoms with Gasteiger partial charge in [-0.25, -0.2) is 9.48 Å². The molecular weight excluding hydrogens is 282 g/mol. The molecular formula is C16H19N3O3. The molecule has 0 bridgehead atoms. The number of aromatic nitrogens is 2. The van der Waals surface area contributed by atoms with Gasteiger partial charge in [0, 0.05) is 6.20 Å². The van der Waals surface area contributed by atoms with Gasteiger partial charge in [-0.05, 0) is 31.5 Å². The van der Waals surface area contributed by atoms with Gasteiger partial charge in [0.05, 0.1) is 12.8 Å². The van der Waals surface area contributed by atoms with E-state index in [1.54, 1.807) is 30.8 Å². The summed E-state index contributed by atoms with van der Waals surface area (Å²) in [6.45, 7) is 3.44. The summed E-state index contributed by atoms with van der Waals surface area (Å²) in [4.78, 5) is 24.1. The SMILES string of the molecule is CC[C@](C)(NC(=O)c1ccn(-c2ccccc2)n1)C(=O)OC. The molecule has 22 heavy (non-hydrogen) atoms. The highest BCUT2D eigenvalue weighted by Crippen LogP contribution is 2.13. The van der Waals surface area contributed by atoms with Crippen molar-refractivity contribution in [1.29, 1.82) is 0 Å². The van der Waals surface area contributed by atoms with Gasteiger partial charge in [-0.1, -0.05) is 25.1 Å². The van der Waals surface area contributed by atoms with Crippen LogP contribution in [0.3, 0.4) is 0 Å². The standard InChI is InChI=1S/C16H19N3O3/c1-4-16(2,15(21)22-3)17-14(20)13-10-11-19(18-13)12-8-6-5-7-9-12/h5-11H,4H2,1-3H3,(H,17,20)/t16-/m0/s1. The maximum Gasteiger partial charge on any atom is 0.331 e. The molecule has 0 saturated heterocycles. The van der Waals surface area contributed by atoms with Crippen molar-refractivity contribution in [3.63, 3.8) is 0 Å². The Morgan fingerprint density at radius 3 is 2.55 bits per heavy atom. The molecule has 0 saturated carbocycles. The lowest BCUT2D eigenvalue weighted by Gasteiger charge is -2.25. The van der Waals surface area contributed by atoms with Crippen molar-refractivity contribution in [1.82, 2.24) is 15.1 Å². The fourth-order valence-corrected chi connectivity index (χ4v) is 1.99. The highest BCUT2D eigenvalue weighted by molar-refractivity contribution is 5.96. The smallest absolute Gasteiger partial charge is 0.331 e. The minimum atomic E-state index is -1.07. The number of hydrogen-bond acceptors (Lipinski definition) is 4. The number of carbonyl (C=O) groups is 2. The lowest BCUT2D eigenvalue weighted by atomic mass is 9.99. The molecule has 0 aliphatic heterocycles. The number of nitrogens with zero attached hydrogens (tertiary/aromatic N) is 2. The van der Waals surface area contributed by atoms with Crippen LogP contribution in [0.4, 0.5) is 0 Å². The van der Waals surface area contributed by atoms with Crippen LogP contribution in [0.5, 0.6) is 0 Å². The lowest BCUT2D eigenvalue weighted by molar-refractivity contribution is -0.147. The average Bonchev–Trinajstić information content (AvgIpc) is 3.04. The summed E-state index contributed by atoms with van der Waals surface area (Å²) in [5.74, 6) is -0.893. The van der Waals surface area contributed by atoms with Crippen molar-refractivity contribution >= 4 is 11.9 Å². The van der Waals surface area contributed by atoms with Gasteiger partial charge < -0.3 is 10.1 Å². The number of para-hydroxylation sites is 1. The van der Waals surface area contributed by atoms with Gasteiger partial charge >= 0.3 is 5.97 Å². The molecule has 6 nitrogen and oxygen atoms in total. The van der Waals surface area contributed by atoms with E-state index in [1.807, 2.05) is 30.3 Å². The molecule has 1 heterocycles. The zero-order valence-electron chi connectivity index (χ0n) is 12.9. The third-order valence-electron chi connectivity index (χ3n) is 3.57. The predicted octanol–water partition coefficient (Wildman–Crippen LogP) is 1.94. The topological polar surface area (TPSA) is 73.2 Å². The van der Waals surface area contributed by atoms with Gasteiger partial charge in [-0.15, -0.1) is 0 Å². The number of esters is 1. The molecule has 2 aromatic rings. The summed E-state index contributed by atoms with van der Waals surface area (Å²) in [6.07, 6.45) is 2.12. The maximum absolute atomic E-state index is 12.3. The Morgan fingerprint density at radius 1 is 1.27 bits per heavy atom. The molecule has 1 atom stereocenters. The summed E-state index contributed by atoms with van der Waals surface area (Å²) in [7, 11) is 1.30. The van der Waals surface area contributed by atoms with Crippen LogP contribution >= 0.6 is 0 Å². The Morgan fingerprint density at radius 2 is 1.95 bits per heavy atom. The van der Waals surface area contributed by atoms with Crippen LogP contribution < -0.4 is 5.32 Å².